The zero-order valence-corrected chi connectivity index (χ0v) is 13.4. The van der Waals surface area contributed by atoms with Crippen molar-refractivity contribution in [3.05, 3.63) is 53.1 Å². The molecule has 1 fully saturated rings. The summed E-state index contributed by atoms with van der Waals surface area (Å²) in [6, 6.07) is 8.56. The van der Waals surface area contributed by atoms with E-state index in [4.69, 9.17) is 11.6 Å². The molecular formula is C15H13ClF2N2O2S. The van der Waals surface area contributed by atoms with Gasteiger partial charge in [-0.15, -0.1) is 0 Å². The zero-order chi connectivity index (χ0) is 16.6. The first-order chi connectivity index (χ1) is 10.9. The molecule has 0 heterocycles. The van der Waals surface area contributed by atoms with Gasteiger partial charge in [0.2, 0.25) is 10.0 Å². The van der Waals surface area contributed by atoms with Crippen LogP contribution in [-0.4, -0.2) is 13.7 Å². The number of para-hydroxylation sites is 1. The van der Waals surface area contributed by atoms with E-state index in [0.717, 1.165) is 6.07 Å². The number of benzene rings is 2. The molecule has 0 amide bonds. The van der Waals surface area contributed by atoms with Crippen LogP contribution < -0.4 is 10.0 Å². The minimum atomic E-state index is -3.61. The van der Waals surface area contributed by atoms with E-state index in [1.165, 1.54) is 6.07 Å². The summed E-state index contributed by atoms with van der Waals surface area (Å²) < 4.78 is 54.1. The van der Waals surface area contributed by atoms with Crippen molar-refractivity contribution in [1.29, 1.82) is 0 Å². The monoisotopic (exact) mass is 358 g/mol. The Hall–Kier alpha value is -1.86. The van der Waals surface area contributed by atoms with Gasteiger partial charge in [0.25, 0.3) is 0 Å². The third kappa shape index (κ3) is 3.40. The van der Waals surface area contributed by atoms with Crippen molar-refractivity contribution >= 4 is 38.7 Å². The Kier molecular flexibility index (Phi) is 4.16. The van der Waals surface area contributed by atoms with E-state index in [0.29, 0.717) is 23.6 Å². The normalized spacial score (nSPS) is 14.6. The third-order valence-electron chi connectivity index (χ3n) is 3.44. The molecule has 0 saturated heterocycles. The van der Waals surface area contributed by atoms with Crippen molar-refractivity contribution in [3.63, 3.8) is 0 Å². The maximum absolute atomic E-state index is 14.2. The summed E-state index contributed by atoms with van der Waals surface area (Å²) in [5.74, 6) is -2.27. The van der Waals surface area contributed by atoms with Crippen molar-refractivity contribution in [2.24, 2.45) is 0 Å². The second kappa shape index (κ2) is 5.98. The first-order valence-electron chi connectivity index (χ1n) is 6.89. The van der Waals surface area contributed by atoms with E-state index in [9.17, 15) is 17.2 Å². The summed E-state index contributed by atoms with van der Waals surface area (Å²) >= 11 is 5.99. The molecule has 23 heavy (non-hydrogen) atoms. The molecule has 1 aliphatic carbocycles. The van der Waals surface area contributed by atoms with Crippen LogP contribution in [0, 0.1) is 11.6 Å². The standard InChI is InChI=1S/C15H13ClF2N2O2S/c16-10-3-1-2-4-12(10)19-15-13(8-7-11(17)14(15)18)20-23(21,22)9-5-6-9/h1-4,7-9,19-20H,5-6H2. The van der Waals surface area contributed by atoms with Gasteiger partial charge in [-0.3, -0.25) is 4.72 Å². The highest BCUT2D eigenvalue weighted by Gasteiger charge is 2.36. The van der Waals surface area contributed by atoms with Crippen molar-refractivity contribution in [2.45, 2.75) is 18.1 Å². The van der Waals surface area contributed by atoms with Gasteiger partial charge >= 0.3 is 0 Å². The smallest absolute Gasteiger partial charge is 0.235 e. The van der Waals surface area contributed by atoms with Crippen molar-refractivity contribution < 1.29 is 17.2 Å². The van der Waals surface area contributed by atoms with Crippen LogP contribution >= 0.6 is 11.6 Å². The summed E-state index contributed by atoms with van der Waals surface area (Å²) in [4.78, 5) is 0. The van der Waals surface area contributed by atoms with E-state index in [1.807, 2.05) is 0 Å². The second-order valence-corrected chi connectivity index (χ2v) is 7.60. The predicted molar refractivity (Wildman–Crippen MR) is 86.7 cm³/mol. The van der Waals surface area contributed by atoms with Crippen LogP contribution in [0.1, 0.15) is 12.8 Å². The SMILES string of the molecule is O=S(=O)(Nc1ccc(F)c(F)c1Nc1ccccc1Cl)C1CC1. The van der Waals surface area contributed by atoms with Gasteiger partial charge in [0.15, 0.2) is 11.6 Å². The van der Waals surface area contributed by atoms with Gasteiger partial charge in [0.05, 0.1) is 21.6 Å². The quantitative estimate of drug-likeness (QED) is 0.839. The van der Waals surface area contributed by atoms with Crippen molar-refractivity contribution in [3.8, 4) is 0 Å². The molecule has 0 aromatic heterocycles. The third-order valence-corrected chi connectivity index (χ3v) is 5.63. The molecule has 8 heteroatoms. The molecule has 1 aliphatic rings. The Morgan fingerprint density at radius 1 is 1.04 bits per heavy atom. The largest absolute Gasteiger partial charge is 0.350 e. The maximum Gasteiger partial charge on any atom is 0.235 e. The second-order valence-electron chi connectivity index (χ2n) is 5.24. The molecule has 3 rings (SSSR count). The van der Waals surface area contributed by atoms with E-state index >= 15 is 0 Å². The number of sulfonamides is 1. The summed E-state index contributed by atoms with van der Waals surface area (Å²) in [6.07, 6.45) is 1.12. The van der Waals surface area contributed by atoms with Gasteiger partial charge < -0.3 is 5.32 Å². The summed E-state index contributed by atoms with van der Waals surface area (Å²) in [7, 11) is -3.61. The molecule has 2 aromatic rings. The van der Waals surface area contributed by atoms with E-state index in [1.54, 1.807) is 24.3 Å². The van der Waals surface area contributed by atoms with Crippen LogP contribution in [0.25, 0.3) is 0 Å². The molecular weight excluding hydrogens is 346 g/mol. The lowest BCUT2D eigenvalue weighted by Gasteiger charge is -2.16. The highest BCUT2D eigenvalue weighted by molar-refractivity contribution is 7.93. The maximum atomic E-state index is 14.2. The van der Waals surface area contributed by atoms with E-state index in [2.05, 4.69) is 10.0 Å². The van der Waals surface area contributed by atoms with Crippen molar-refractivity contribution in [2.75, 3.05) is 10.0 Å². The highest BCUT2D eigenvalue weighted by atomic mass is 35.5. The molecule has 122 valence electrons. The van der Waals surface area contributed by atoms with Crippen LogP contribution in [0.3, 0.4) is 0 Å². The van der Waals surface area contributed by atoms with E-state index in [-0.39, 0.29) is 11.4 Å². The Labute approximate surface area is 137 Å². The topological polar surface area (TPSA) is 58.2 Å². The molecule has 0 atom stereocenters. The number of hydrogen-bond acceptors (Lipinski definition) is 3. The van der Waals surface area contributed by atoms with E-state index < -0.39 is 26.9 Å². The highest BCUT2D eigenvalue weighted by Crippen LogP contribution is 2.36. The van der Waals surface area contributed by atoms with Gasteiger partial charge in [-0.2, -0.15) is 0 Å². The number of anilines is 3. The average molecular weight is 359 g/mol. The van der Waals surface area contributed by atoms with Crippen molar-refractivity contribution in [1.82, 2.24) is 0 Å². The van der Waals surface area contributed by atoms with Gasteiger partial charge in [0.1, 0.15) is 5.69 Å². The molecule has 2 N–H and O–H groups in total. The Morgan fingerprint density at radius 2 is 1.74 bits per heavy atom. The van der Waals surface area contributed by atoms with Crippen LogP contribution in [0.15, 0.2) is 36.4 Å². The number of rotatable bonds is 5. The molecule has 2 aromatic carbocycles. The summed E-state index contributed by atoms with van der Waals surface area (Å²) in [5, 5.41) is 2.47. The Bertz CT molecular complexity index is 855. The van der Waals surface area contributed by atoms with Gasteiger partial charge in [-0.25, -0.2) is 17.2 Å². The Morgan fingerprint density at radius 3 is 2.39 bits per heavy atom. The van der Waals surface area contributed by atoms with Gasteiger partial charge in [-0.05, 0) is 37.1 Å². The fourth-order valence-corrected chi connectivity index (χ4v) is 3.65. The number of halogens is 3. The number of hydrogen-bond donors (Lipinski definition) is 2. The lowest BCUT2D eigenvalue weighted by molar-refractivity contribution is 0.512. The first-order valence-corrected chi connectivity index (χ1v) is 8.82. The lowest BCUT2D eigenvalue weighted by atomic mass is 10.2. The molecule has 0 spiro atoms. The van der Waals surface area contributed by atoms with Crippen LogP contribution in [0.4, 0.5) is 25.8 Å². The number of nitrogens with one attached hydrogen (secondary N) is 2. The van der Waals surface area contributed by atoms with Crippen LogP contribution in [0.5, 0.6) is 0 Å². The lowest BCUT2D eigenvalue weighted by Crippen LogP contribution is -2.18. The zero-order valence-electron chi connectivity index (χ0n) is 11.8. The predicted octanol–water partition coefficient (Wildman–Crippen LogP) is 4.27. The summed E-state index contributed by atoms with van der Waals surface area (Å²) in [6.45, 7) is 0. The van der Waals surface area contributed by atoms with Gasteiger partial charge in [-0.1, -0.05) is 23.7 Å². The average Bonchev–Trinajstić information content (AvgIpc) is 3.34. The molecule has 0 radical (unpaired) electrons. The van der Waals surface area contributed by atoms with Gasteiger partial charge in [0, 0.05) is 0 Å². The molecule has 0 bridgehead atoms. The molecule has 1 saturated carbocycles. The minimum Gasteiger partial charge on any atom is -0.350 e. The van der Waals surface area contributed by atoms with Crippen LogP contribution in [0.2, 0.25) is 5.02 Å². The Balaban J connectivity index is 2.00. The molecule has 0 aliphatic heterocycles. The molecule has 0 unspecified atom stereocenters. The summed E-state index contributed by atoms with van der Waals surface area (Å²) in [5.41, 5.74) is -0.0245. The van der Waals surface area contributed by atoms with Crippen LogP contribution in [-0.2, 0) is 10.0 Å². The molecule has 4 nitrogen and oxygen atoms in total. The fraction of sp³-hybridized carbons (Fsp3) is 0.200. The first kappa shape index (κ1) is 16.0. The fourth-order valence-electron chi connectivity index (χ4n) is 2.07. The minimum absolute atomic E-state index is 0.0595.